The van der Waals surface area contributed by atoms with Gasteiger partial charge < -0.3 is 10.4 Å². The molecule has 0 unspecified atom stereocenters. The van der Waals surface area contributed by atoms with Crippen LogP contribution in [0.3, 0.4) is 0 Å². The van der Waals surface area contributed by atoms with E-state index in [2.05, 4.69) is 15.3 Å². The molecule has 0 aliphatic rings. The molecule has 0 saturated heterocycles. The van der Waals surface area contributed by atoms with Gasteiger partial charge in [-0.15, -0.1) is 11.3 Å². The van der Waals surface area contributed by atoms with Gasteiger partial charge in [-0.05, 0) is 35.9 Å². The predicted octanol–water partition coefficient (Wildman–Crippen LogP) is 5.46. The Morgan fingerprint density at radius 3 is 2.50 bits per heavy atom. The molecule has 5 nitrogen and oxygen atoms in total. The zero-order chi connectivity index (χ0) is 19.7. The van der Waals surface area contributed by atoms with Crippen LogP contribution in [0.25, 0.3) is 21.6 Å². The fourth-order valence-corrected chi connectivity index (χ4v) is 3.79. The summed E-state index contributed by atoms with van der Waals surface area (Å²) in [6.45, 7) is 0.456. The van der Waals surface area contributed by atoms with Gasteiger partial charge in [0.2, 0.25) is 0 Å². The molecule has 0 atom stereocenters. The number of nitrogens with zero attached hydrogens (tertiary/aromatic N) is 2. The lowest BCUT2D eigenvalue weighted by Gasteiger charge is -2.09. The fourth-order valence-electron chi connectivity index (χ4n) is 2.71. The second-order valence-corrected chi connectivity index (χ2v) is 7.69. The van der Waals surface area contributed by atoms with Crippen molar-refractivity contribution in [3.63, 3.8) is 0 Å². The van der Waals surface area contributed by atoms with E-state index in [1.165, 1.54) is 35.6 Å². The maximum atomic E-state index is 13.1. The molecule has 0 aliphatic heterocycles. The van der Waals surface area contributed by atoms with E-state index in [4.69, 9.17) is 16.7 Å². The van der Waals surface area contributed by atoms with Crippen molar-refractivity contribution in [3.8, 4) is 11.4 Å². The number of nitrogens with one attached hydrogen (secondary N) is 1. The first-order chi connectivity index (χ1) is 13.5. The molecule has 140 valence electrons. The summed E-state index contributed by atoms with van der Waals surface area (Å²) in [4.78, 5) is 20.9. The van der Waals surface area contributed by atoms with Crippen LogP contribution in [0.4, 0.5) is 10.2 Å². The highest BCUT2D eigenvalue weighted by Gasteiger charge is 2.13. The minimum atomic E-state index is -0.991. The van der Waals surface area contributed by atoms with Crippen LogP contribution < -0.4 is 5.32 Å². The molecule has 28 heavy (non-hydrogen) atoms. The Morgan fingerprint density at radius 2 is 1.82 bits per heavy atom. The summed E-state index contributed by atoms with van der Waals surface area (Å²) in [6, 6.07) is 14.4. The Balaban J connectivity index is 1.70. The second-order valence-electron chi connectivity index (χ2n) is 6.03. The van der Waals surface area contributed by atoms with E-state index in [1.807, 2.05) is 0 Å². The number of carboxylic acid groups (broad SMARTS) is 1. The van der Waals surface area contributed by atoms with Crippen LogP contribution >= 0.6 is 22.9 Å². The molecule has 2 heterocycles. The average Bonchev–Trinajstić information content (AvgIpc) is 3.07. The lowest BCUT2D eigenvalue weighted by Crippen LogP contribution is -2.04. The number of fused-ring (bicyclic) bond motifs is 1. The second kappa shape index (κ2) is 7.53. The lowest BCUT2D eigenvalue weighted by molar-refractivity contribution is 0.0697. The Kier molecular flexibility index (Phi) is 4.93. The number of carbonyl (C=O) groups is 1. The summed E-state index contributed by atoms with van der Waals surface area (Å²) in [7, 11) is 0. The highest BCUT2D eigenvalue weighted by Crippen LogP contribution is 2.34. The molecule has 0 bridgehead atoms. The van der Waals surface area contributed by atoms with Crippen LogP contribution in [-0.2, 0) is 6.54 Å². The van der Waals surface area contributed by atoms with E-state index in [9.17, 15) is 9.18 Å². The van der Waals surface area contributed by atoms with Crippen molar-refractivity contribution >= 4 is 44.9 Å². The molecular weight excluding hydrogens is 401 g/mol. The van der Waals surface area contributed by atoms with Gasteiger partial charge in [0.05, 0.1) is 15.3 Å². The molecule has 4 aromatic rings. The Morgan fingerprint density at radius 1 is 1.11 bits per heavy atom. The number of hydrogen-bond acceptors (Lipinski definition) is 5. The van der Waals surface area contributed by atoms with Crippen molar-refractivity contribution in [3.05, 3.63) is 75.9 Å². The molecule has 2 aromatic heterocycles. The van der Waals surface area contributed by atoms with Gasteiger partial charge in [0, 0.05) is 12.1 Å². The number of halogens is 2. The number of aromatic nitrogens is 2. The quantitative estimate of drug-likeness (QED) is 0.454. The van der Waals surface area contributed by atoms with Gasteiger partial charge in [-0.2, -0.15) is 0 Å². The summed E-state index contributed by atoms with van der Waals surface area (Å²) in [5.41, 5.74) is 1.79. The highest BCUT2D eigenvalue weighted by molar-refractivity contribution is 7.22. The third-order valence-corrected chi connectivity index (χ3v) is 5.28. The van der Waals surface area contributed by atoms with Crippen molar-refractivity contribution < 1.29 is 14.3 Å². The topological polar surface area (TPSA) is 75.1 Å². The number of thiophene rings is 1. The first kappa shape index (κ1) is 18.3. The summed E-state index contributed by atoms with van der Waals surface area (Å²) in [6.07, 6.45) is 0. The number of anilines is 1. The van der Waals surface area contributed by atoms with Gasteiger partial charge in [-0.3, -0.25) is 0 Å². The minimum Gasteiger partial charge on any atom is -0.478 e. The number of benzene rings is 2. The van der Waals surface area contributed by atoms with Crippen LogP contribution in [0.5, 0.6) is 0 Å². The standard InChI is InChI=1S/C20H13ClFN3O2S/c21-16-9-15-18(23-10-11-1-7-14(22)8-2-11)24-17(25-19(15)28-16)12-3-5-13(6-4-12)20(26)27/h1-9H,10H2,(H,26,27)(H,23,24,25). The maximum Gasteiger partial charge on any atom is 0.335 e. The zero-order valence-electron chi connectivity index (χ0n) is 14.3. The van der Waals surface area contributed by atoms with Crippen molar-refractivity contribution in [1.82, 2.24) is 9.97 Å². The summed E-state index contributed by atoms with van der Waals surface area (Å²) in [5.74, 6) is -0.209. The smallest absolute Gasteiger partial charge is 0.335 e. The Hall–Kier alpha value is -3.03. The van der Waals surface area contributed by atoms with Crippen molar-refractivity contribution in [2.24, 2.45) is 0 Å². The van der Waals surface area contributed by atoms with E-state index in [-0.39, 0.29) is 11.4 Å². The molecule has 0 fully saturated rings. The molecule has 4 rings (SSSR count). The Labute approximate surface area is 168 Å². The van der Waals surface area contributed by atoms with Gasteiger partial charge >= 0.3 is 5.97 Å². The van der Waals surface area contributed by atoms with E-state index in [1.54, 1.807) is 30.3 Å². The third-order valence-electron chi connectivity index (χ3n) is 4.13. The number of aromatic carboxylic acids is 1. The van der Waals surface area contributed by atoms with E-state index >= 15 is 0 Å². The van der Waals surface area contributed by atoms with Crippen LogP contribution in [0.2, 0.25) is 4.34 Å². The molecule has 0 amide bonds. The van der Waals surface area contributed by atoms with Gasteiger partial charge in [0.25, 0.3) is 0 Å². The SMILES string of the molecule is O=C(O)c1ccc(-c2nc(NCc3ccc(F)cc3)c3cc(Cl)sc3n2)cc1. The summed E-state index contributed by atoms with van der Waals surface area (Å²) < 4.78 is 13.7. The van der Waals surface area contributed by atoms with Crippen LogP contribution in [-0.4, -0.2) is 21.0 Å². The molecule has 0 spiro atoms. The number of hydrogen-bond donors (Lipinski definition) is 2. The molecule has 2 aromatic carbocycles. The van der Waals surface area contributed by atoms with E-state index < -0.39 is 5.97 Å². The largest absolute Gasteiger partial charge is 0.478 e. The van der Waals surface area contributed by atoms with Crippen molar-refractivity contribution in [2.45, 2.75) is 6.54 Å². The average molecular weight is 414 g/mol. The minimum absolute atomic E-state index is 0.193. The molecule has 0 radical (unpaired) electrons. The maximum absolute atomic E-state index is 13.1. The first-order valence-corrected chi connectivity index (χ1v) is 9.48. The van der Waals surface area contributed by atoms with Crippen molar-refractivity contribution in [1.29, 1.82) is 0 Å². The first-order valence-electron chi connectivity index (χ1n) is 8.29. The van der Waals surface area contributed by atoms with E-state index in [0.717, 1.165) is 15.8 Å². The van der Waals surface area contributed by atoms with E-state index in [0.29, 0.717) is 28.1 Å². The lowest BCUT2D eigenvalue weighted by atomic mass is 10.1. The summed E-state index contributed by atoms with van der Waals surface area (Å²) >= 11 is 7.50. The molecule has 2 N–H and O–H groups in total. The third kappa shape index (κ3) is 3.81. The molecular formula is C20H13ClFN3O2S. The van der Waals surface area contributed by atoms with Gasteiger partial charge in [-0.1, -0.05) is 35.9 Å². The van der Waals surface area contributed by atoms with Crippen molar-refractivity contribution in [2.75, 3.05) is 5.32 Å². The molecule has 8 heteroatoms. The Bertz CT molecular complexity index is 1160. The zero-order valence-corrected chi connectivity index (χ0v) is 15.9. The van der Waals surface area contributed by atoms with Gasteiger partial charge in [0.1, 0.15) is 16.5 Å². The van der Waals surface area contributed by atoms with Crippen LogP contribution in [0.15, 0.2) is 54.6 Å². The van der Waals surface area contributed by atoms with Crippen LogP contribution in [0, 0.1) is 5.82 Å². The predicted molar refractivity (Wildman–Crippen MR) is 109 cm³/mol. The van der Waals surface area contributed by atoms with Gasteiger partial charge in [0.15, 0.2) is 5.82 Å². The monoisotopic (exact) mass is 413 g/mol. The molecule has 0 saturated carbocycles. The molecule has 0 aliphatic carbocycles. The normalized spacial score (nSPS) is 10.9. The fraction of sp³-hybridized carbons (Fsp3) is 0.0500. The van der Waals surface area contributed by atoms with Gasteiger partial charge in [-0.25, -0.2) is 19.2 Å². The number of carboxylic acids is 1. The summed E-state index contributed by atoms with van der Waals surface area (Å²) in [5, 5.41) is 13.1. The van der Waals surface area contributed by atoms with Crippen LogP contribution in [0.1, 0.15) is 15.9 Å². The number of rotatable bonds is 5. The highest BCUT2D eigenvalue weighted by atomic mass is 35.5.